The zero-order valence-electron chi connectivity index (χ0n) is 13.0. The lowest BCUT2D eigenvalue weighted by molar-refractivity contribution is 0.239. The third kappa shape index (κ3) is 5.02. The molecule has 2 rings (SSSR count). The van der Waals surface area contributed by atoms with E-state index in [-0.39, 0.29) is 0 Å². The molecule has 1 aliphatic rings. The van der Waals surface area contributed by atoms with Crippen molar-refractivity contribution in [2.75, 3.05) is 26.4 Å². The van der Waals surface area contributed by atoms with Crippen molar-refractivity contribution in [3.8, 4) is 0 Å². The maximum absolute atomic E-state index is 11.7. The van der Waals surface area contributed by atoms with Gasteiger partial charge in [0.2, 0.25) is 10.0 Å². The van der Waals surface area contributed by atoms with E-state index in [9.17, 15) is 8.42 Å². The molecule has 1 fully saturated rings. The van der Waals surface area contributed by atoms with Crippen LogP contribution < -0.4 is 5.32 Å². The molecule has 1 aliphatic heterocycles. The van der Waals surface area contributed by atoms with Crippen LogP contribution in [0, 0.1) is 12.8 Å². The molecule has 0 spiro atoms. The van der Waals surface area contributed by atoms with Crippen molar-refractivity contribution in [3.05, 3.63) is 16.1 Å². The van der Waals surface area contributed by atoms with E-state index >= 15 is 0 Å². The van der Waals surface area contributed by atoms with Gasteiger partial charge in [-0.2, -0.15) is 0 Å². The Morgan fingerprint density at radius 2 is 2.33 bits per heavy atom. The third-order valence-corrected chi connectivity index (χ3v) is 6.32. The van der Waals surface area contributed by atoms with Gasteiger partial charge in [0.25, 0.3) is 0 Å². The molecule has 1 N–H and O–H groups in total. The first-order chi connectivity index (χ1) is 9.88. The first-order valence-corrected chi connectivity index (χ1v) is 10.1. The van der Waals surface area contributed by atoms with Gasteiger partial charge in [-0.05, 0) is 39.2 Å². The van der Waals surface area contributed by atoms with Crippen LogP contribution >= 0.6 is 11.3 Å². The Balaban J connectivity index is 1.92. The summed E-state index contributed by atoms with van der Waals surface area (Å²) in [5.74, 6) is 0.437. The van der Waals surface area contributed by atoms with Gasteiger partial charge in [-0.15, -0.1) is 11.3 Å². The standard InChI is InChI=1S/C14H25N3O2S2/c1-11-10-20-14(16-11)8-13(15-2)7-12-5-4-6-17(9-12)21(3,18)19/h10,12-13,15H,4-9H2,1-3H3. The summed E-state index contributed by atoms with van der Waals surface area (Å²) in [5, 5.41) is 6.59. The first kappa shape index (κ1) is 16.9. The zero-order valence-corrected chi connectivity index (χ0v) is 14.6. The minimum Gasteiger partial charge on any atom is -0.317 e. The van der Waals surface area contributed by atoms with E-state index in [2.05, 4.69) is 15.7 Å². The normalized spacial score (nSPS) is 22.3. The van der Waals surface area contributed by atoms with Crippen LogP contribution in [0.25, 0.3) is 0 Å². The number of nitrogens with zero attached hydrogens (tertiary/aromatic N) is 2. The van der Waals surface area contributed by atoms with E-state index in [1.54, 1.807) is 15.6 Å². The van der Waals surface area contributed by atoms with Gasteiger partial charge in [0.15, 0.2) is 0 Å². The molecule has 1 saturated heterocycles. The van der Waals surface area contributed by atoms with Crippen molar-refractivity contribution in [3.63, 3.8) is 0 Å². The molecule has 0 radical (unpaired) electrons. The van der Waals surface area contributed by atoms with Gasteiger partial charge in [0.05, 0.1) is 11.3 Å². The molecule has 1 aromatic rings. The molecular formula is C14H25N3O2S2. The fraction of sp³-hybridized carbons (Fsp3) is 0.786. The second kappa shape index (κ2) is 7.17. The maximum atomic E-state index is 11.7. The molecule has 2 unspecified atom stereocenters. The molecule has 2 heterocycles. The van der Waals surface area contributed by atoms with Crippen LogP contribution in [0.5, 0.6) is 0 Å². The Morgan fingerprint density at radius 1 is 1.57 bits per heavy atom. The minimum atomic E-state index is -3.05. The summed E-state index contributed by atoms with van der Waals surface area (Å²) in [6.45, 7) is 3.35. The van der Waals surface area contributed by atoms with Crippen LogP contribution in [0.1, 0.15) is 30.0 Å². The highest BCUT2D eigenvalue weighted by atomic mass is 32.2. The number of piperidine rings is 1. The molecule has 0 amide bonds. The molecule has 5 nitrogen and oxygen atoms in total. The maximum Gasteiger partial charge on any atom is 0.211 e. The predicted molar refractivity (Wildman–Crippen MR) is 87.2 cm³/mol. The van der Waals surface area contributed by atoms with Crippen LogP contribution in [0.15, 0.2) is 5.38 Å². The molecule has 120 valence electrons. The molecule has 0 aromatic carbocycles. The zero-order chi connectivity index (χ0) is 15.5. The molecular weight excluding hydrogens is 306 g/mol. The van der Waals surface area contributed by atoms with Gasteiger partial charge in [0.1, 0.15) is 0 Å². The summed E-state index contributed by atoms with van der Waals surface area (Å²) in [6.07, 6.45) is 5.31. The van der Waals surface area contributed by atoms with Crippen molar-refractivity contribution in [2.45, 2.75) is 38.6 Å². The number of hydrogen-bond donors (Lipinski definition) is 1. The topological polar surface area (TPSA) is 62.3 Å². The summed E-state index contributed by atoms with van der Waals surface area (Å²) >= 11 is 1.70. The van der Waals surface area contributed by atoms with Crippen molar-refractivity contribution in [1.29, 1.82) is 0 Å². The molecule has 0 saturated carbocycles. The Hall–Kier alpha value is -0.500. The number of aromatic nitrogens is 1. The van der Waals surface area contributed by atoms with E-state index < -0.39 is 10.0 Å². The Kier molecular flexibility index (Phi) is 5.76. The van der Waals surface area contributed by atoms with Crippen molar-refractivity contribution < 1.29 is 8.42 Å². The minimum absolute atomic E-state index is 0.361. The molecule has 2 atom stereocenters. The van der Waals surface area contributed by atoms with E-state index in [0.717, 1.165) is 36.4 Å². The average Bonchev–Trinajstić information content (AvgIpc) is 2.83. The van der Waals surface area contributed by atoms with E-state index in [1.165, 1.54) is 6.26 Å². The highest BCUT2D eigenvalue weighted by molar-refractivity contribution is 7.88. The van der Waals surface area contributed by atoms with E-state index in [0.29, 0.717) is 25.0 Å². The number of likely N-dealkylation sites (N-methyl/N-ethyl adjacent to an activating group) is 1. The Morgan fingerprint density at radius 3 is 2.90 bits per heavy atom. The smallest absolute Gasteiger partial charge is 0.211 e. The highest BCUT2D eigenvalue weighted by Crippen LogP contribution is 2.24. The van der Waals surface area contributed by atoms with Gasteiger partial charge in [-0.1, -0.05) is 0 Å². The van der Waals surface area contributed by atoms with Crippen molar-refractivity contribution in [1.82, 2.24) is 14.6 Å². The van der Waals surface area contributed by atoms with E-state index in [4.69, 9.17) is 0 Å². The average molecular weight is 332 g/mol. The highest BCUT2D eigenvalue weighted by Gasteiger charge is 2.27. The number of thiazole rings is 1. The molecule has 1 aromatic heterocycles. The number of nitrogens with one attached hydrogen (secondary N) is 1. The van der Waals surface area contributed by atoms with Crippen LogP contribution in [0.2, 0.25) is 0 Å². The van der Waals surface area contributed by atoms with Gasteiger partial charge in [-0.25, -0.2) is 17.7 Å². The second-order valence-corrected chi connectivity index (χ2v) is 8.86. The fourth-order valence-corrected chi connectivity index (χ4v) is 4.73. The number of hydrogen-bond acceptors (Lipinski definition) is 5. The predicted octanol–water partition coefficient (Wildman–Crippen LogP) is 1.64. The third-order valence-electron chi connectivity index (χ3n) is 4.06. The summed E-state index contributed by atoms with van der Waals surface area (Å²) in [6, 6.07) is 0.361. The lowest BCUT2D eigenvalue weighted by Gasteiger charge is -2.32. The summed E-state index contributed by atoms with van der Waals surface area (Å²) < 4.78 is 25.0. The number of rotatable bonds is 6. The number of sulfonamides is 1. The SMILES string of the molecule is CNC(Cc1nc(C)cs1)CC1CCCN(S(C)(=O)=O)C1. The molecule has 0 bridgehead atoms. The molecule has 21 heavy (non-hydrogen) atoms. The summed E-state index contributed by atoms with van der Waals surface area (Å²) in [5.41, 5.74) is 1.07. The second-order valence-electron chi connectivity index (χ2n) is 5.94. The fourth-order valence-electron chi connectivity index (χ4n) is 2.93. The van der Waals surface area contributed by atoms with Crippen molar-refractivity contribution in [2.24, 2.45) is 5.92 Å². The Labute approximate surface area is 131 Å². The van der Waals surface area contributed by atoms with Gasteiger partial charge >= 0.3 is 0 Å². The lowest BCUT2D eigenvalue weighted by atomic mass is 9.91. The largest absolute Gasteiger partial charge is 0.317 e. The van der Waals surface area contributed by atoms with Crippen LogP contribution in [0.4, 0.5) is 0 Å². The first-order valence-electron chi connectivity index (χ1n) is 7.42. The van der Waals surface area contributed by atoms with E-state index in [1.807, 2.05) is 14.0 Å². The summed E-state index contributed by atoms with van der Waals surface area (Å²) in [7, 11) is -1.08. The Bertz CT molecular complexity index is 556. The monoisotopic (exact) mass is 331 g/mol. The molecule has 0 aliphatic carbocycles. The van der Waals surface area contributed by atoms with Crippen LogP contribution in [0.3, 0.4) is 0 Å². The van der Waals surface area contributed by atoms with Crippen LogP contribution in [-0.2, 0) is 16.4 Å². The molecule has 7 heteroatoms. The lowest BCUT2D eigenvalue weighted by Crippen LogP contribution is -2.41. The van der Waals surface area contributed by atoms with Gasteiger partial charge < -0.3 is 5.32 Å². The number of aryl methyl sites for hydroxylation is 1. The van der Waals surface area contributed by atoms with Gasteiger partial charge in [-0.3, -0.25) is 0 Å². The quantitative estimate of drug-likeness (QED) is 0.861. The van der Waals surface area contributed by atoms with Crippen molar-refractivity contribution >= 4 is 21.4 Å². The van der Waals surface area contributed by atoms with Crippen LogP contribution in [-0.4, -0.2) is 50.1 Å². The van der Waals surface area contributed by atoms with Gasteiger partial charge in [0, 0.05) is 36.6 Å². The summed E-state index contributed by atoms with van der Waals surface area (Å²) in [4.78, 5) is 4.52.